The molecule has 0 spiro atoms. The maximum Gasteiger partial charge on any atom is 0.180 e. The number of nitrogens with zero attached hydrogens (tertiary/aromatic N) is 3. The SMILES string of the molecule is Cc1cccc(C(O)CNc2ccc3nccnc3n2)c1. The number of anilines is 1. The minimum absolute atomic E-state index is 0.391. The Balaban J connectivity index is 1.71. The molecule has 0 aliphatic carbocycles. The molecule has 0 amide bonds. The Hall–Kier alpha value is -2.53. The first-order valence-corrected chi connectivity index (χ1v) is 6.78. The van der Waals surface area contributed by atoms with E-state index in [1.807, 2.05) is 43.3 Å². The maximum atomic E-state index is 10.2. The van der Waals surface area contributed by atoms with Crippen molar-refractivity contribution < 1.29 is 5.11 Å². The van der Waals surface area contributed by atoms with Crippen LogP contribution in [0.2, 0.25) is 0 Å². The number of aromatic nitrogens is 3. The van der Waals surface area contributed by atoms with Crippen molar-refractivity contribution in [3.8, 4) is 0 Å². The fraction of sp³-hybridized carbons (Fsp3) is 0.188. The number of nitrogens with one attached hydrogen (secondary N) is 1. The highest BCUT2D eigenvalue weighted by Crippen LogP contribution is 2.16. The number of aliphatic hydroxyl groups is 1. The van der Waals surface area contributed by atoms with Gasteiger partial charge < -0.3 is 10.4 Å². The highest BCUT2D eigenvalue weighted by Gasteiger charge is 2.08. The summed E-state index contributed by atoms with van der Waals surface area (Å²) >= 11 is 0. The lowest BCUT2D eigenvalue weighted by atomic mass is 10.1. The van der Waals surface area contributed by atoms with Crippen molar-refractivity contribution in [2.75, 3.05) is 11.9 Å². The molecule has 1 aromatic carbocycles. The topological polar surface area (TPSA) is 70.9 Å². The van der Waals surface area contributed by atoms with Gasteiger partial charge in [0.15, 0.2) is 5.65 Å². The van der Waals surface area contributed by atoms with Crippen LogP contribution in [0.5, 0.6) is 0 Å². The van der Waals surface area contributed by atoms with Crippen molar-refractivity contribution in [3.63, 3.8) is 0 Å². The number of fused-ring (bicyclic) bond motifs is 1. The van der Waals surface area contributed by atoms with E-state index in [1.54, 1.807) is 12.4 Å². The molecule has 1 unspecified atom stereocenters. The van der Waals surface area contributed by atoms with Gasteiger partial charge in [-0.15, -0.1) is 0 Å². The molecule has 0 bridgehead atoms. The van der Waals surface area contributed by atoms with E-state index in [2.05, 4.69) is 20.3 Å². The van der Waals surface area contributed by atoms with E-state index in [1.165, 1.54) is 0 Å². The lowest BCUT2D eigenvalue weighted by Gasteiger charge is -2.13. The van der Waals surface area contributed by atoms with Crippen LogP contribution in [0.3, 0.4) is 0 Å². The van der Waals surface area contributed by atoms with Gasteiger partial charge in [0.25, 0.3) is 0 Å². The second kappa shape index (κ2) is 5.85. The molecule has 5 nitrogen and oxygen atoms in total. The predicted octanol–water partition coefficient (Wildman–Crippen LogP) is 2.48. The van der Waals surface area contributed by atoms with E-state index in [4.69, 9.17) is 0 Å². The van der Waals surface area contributed by atoms with Crippen LogP contribution in [0.25, 0.3) is 11.2 Å². The monoisotopic (exact) mass is 280 g/mol. The summed E-state index contributed by atoms with van der Waals surface area (Å²) in [6.45, 7) is 2.40. The zero-order valence-corrected chi connectivity index (χ0v) is 11.7. The Labute approximate surface area is 122 Å². The van der Waals surface area contributed by atoms with E-state index in [-0.39, 0.29) is 0 Å². The van der Waals surface area contributed by atoms with Crippen LogP contribution in [-0.4, -0.2) is 26.6 Å². The molecule has 3 aromatic rings. The first kappa shape index (κ1) is 13.5. The molecular formula is C16H16N4O. The van der Waals surface area contributed by atoms with E-state index in [0.717, 1.165) is 16.6 Å². The number of benzene rings is 1. The van der Waals surface area contributed by atoms with E-state index in [9.17, 15) is 5.11 Å². The average molecular weight is 280 g/mol. The fourth-order valence-corrected chi connectivity index (χ4v) is 2.15. The van der Waals surface area contributed by atoms with Crippen LogP contribution in [0, 0.1) is 6.92 Å². The second-order valence-electron chi connectivity index (χ2n) is 4.91. The van der Waals surface area contributed by atoms with Crippen molar-refractivity contribution in [3.05, 3.63) is 59.9 Å². The van der Waals surface area contributed by atoms with Gasteiger partial charge in [-0.3, -0.25) is 4.98 Å². The van der Waals surface area contributed by atoms with Crippen molar-refractivity contribution >= 4 is 17.0 Å². The number of aliphatic hydroxyl groups excluding tert-OH is 1. The molecule has 0 saturated heterocycles. The predicted molar refractivity (Wildman–Crippen MR) is 82.0 cm³/mol. The molecule has 0 aliphatic heterocycles. The summed E-state index contributed by atoms with van der Waals surface area (Å²) in [7, 11) is 0. The molecule has 21 heavy (non-hydrogen) atoms. The number of hydrogen-bond donors (Lipinski definition) is 2. The lowest BCUT2D eigenvalue weighted by molar-refractivity contribution is 0.191. The molecular weight excluding hydrogens is 264 g/mol. The normalized spacial score (nSPS) is 12.3. The highest BCUT2D eigenvalue weighted by atomic mass is 16.3. The van der Waals surface area contributed by atoms with E-state index >= 15 is 0 Å². The average Bonchev–Trinajstić information content (AvgIpc) is 2.52. The molecule has 0 aliphatic rings. The van der Waals surface area contributed by atoms with Gasteiger partial charge >= 0.3 is 0 Å². The number of hydrogen-bond acceptors (Lipinski definition) is 5. The maximum absolute atomic E-state index is 10.2. The molecule has 106 valence electrons. The summed E-state index contributed by atoms with van der Waals surface area (Å²) in [5, 5.41) is 13.3. The van der Waals surface area contributed by atoms with Gasteiger partial charge in [-0.25, -0.2) is 9.97 Å². The van der Waals surface area contributed by atoms with Crippen molar-refractivity contribution in [2.45, 2.75) is 13.0 Å². The van der Waals surface area contributed by atoms with Gasteiger partial charge in [-0.1, -0.05) is 29.8 Å². The molecule has 2 aromatic heterocycles. The minimum Gasteiger partial charge on any atom is -0.387 e. The molecule has 1 atom stereocenters. The van der Waals surface area contributed by atoms with Gasteiger partial charge in [0.1, 0.15) is 11.3 Å². The third-order valence-corrected chi connectivity index (χ3v) is 3.24. The Bertz CT molecular complexity index is 760. The molecule has 3 rings (SSSR count). The van der Waals surface area contributed by atoms with E-state index < -0.39 is 6.10 Å². The molecule has 2 heterocycles. The van der Waals surface area contributed by atoms with Gasteiger partial charge in [-0.05, 0) is 24.6 Å². The Morgan fingerprint density at radius 1 is 1.14 bits per heavy atom. The summed E-state index contributed by atoms with van der Waals surface area (Å²) in [6.07, 6.45) is 2.67. The molecule has 5 heteroatoms. The zero-order chi connectivity index (χ0) is 14.7. The summed E-state index contributed by atoms with van der Waals surface area (Å²) in [5.74, 6) is 0.676. The third-order valence-electron chi connectivity index (χ3n) is 3.24. The first-order chi connectivity index (χ1) is 10.2. The molecule has 0 saturated carbocycles. The Kier molecular flexibility index (Phi) is 3.75. The highest BCUT2D eigenvalue weighted by molar-refractivity contribution is 5.71. The fourth-order valence-electron chi connectivity index (χ4n) is 2.15. The Morgan fingerprint density at radius 2 is 2.00 bits per heavy atom. The summed E-state index contributed by atoms with van der Waals surface area (Å²) in [4.78, 5) is 12.7. The van der Waals surface area contributed by atoms with Crippen LogP contribution in [-0.2, 0) is 0 Å². The summed E-state index contributed by atoms with van der Waals surface area (Å²) in [6, 6.07) is 11.5. The smallest absolute Gasteiger partial charge is 0.180 e. The summed E-state index contributed by atoms with van der Waals surface area (Å²) < 4.78 is 0. The first-order valence-electron chi connectivity index (χ1n) is 6.78. The van der Waals surface area contributed by atoms with Gasteiger partial charge in [-0.2, -0.15) is 0 Å². The van der Waals surface area contributed by atoms with Crippen LogP contribution >= 0.6 is 0 Å². The quantitative estimate of drug-likeness (QED) is 0.768. The van der Waals surface area contributed by atoms with Crippen molar-refractivity contribution in [1.29, 1.82) is 0 Å². The number of pyridine rings is 1. The zero-order valence-electron chi connectivity index (χ0n) is 11.7. The van der Waals surface area contributed by atoms with Gasteiger partial charge in [0, 0.05) is 18.9 Å². The van der Waals surface area contributed by atoms with E-state index in [0.29, 0.717) is 18.0 Å². The lowest BCUT2D eigenvalue weighted by Crippen LogP contribution is -2.13. The van der Waals surface area contributed by atoms with Crippen LogP contribution < -0.4 is 5.32 Å². The molecule has 0 radical (unpaired) electrons. The molecule has 2 N–H and O–H groups in total. The minimum atomic E-state index is -0.579. The van der Waals surface area contributed by atoms with Crippen LogP contribution in [0.4, 0.5) is 5.82 Å². The van der Waals surface area contributed by atoms with Gasteiger partial charge in [0.2, 0.25) is 0 Å². The third kappa shape index (κ3) is 3.14. The largest absolute Gasteiger partial charge is 0.387 e. The number of aryl methyl sites for hydroxylation is 1. The Morgan fingerprint density at radius 3 is 2.86 bits per heavy atom. The second-order valence-corrected chi connectivity index (χ2v) is 4.91. The van der Waals surface area contributed by atoms with Crippen molar-refractivity contribution in [2.24, 2.45) is 0 Å². The number of rotatable bonds is 4. The van der Waals surface area contributed by atoms with Crippen LogP contribution in [0.1, 0.15) is 17.2 Å². The standard InChI is InChI=1S/C16H16N4O/c1-11-3-2-4-12(9-11)14(21)10-19-15-6-5-13-16(20-15)18-8-7-17-13/h2-9,14,21H,10H2,1H3,(H,18,19,20). The van der Waals surface area contributed by atoms with Crippen LogP contribution in [0.15, 0.2) is 48.8 Å². The van der Waals surface area contributed by atoms with Crippen molar-refractivity contribution in [1.82, 2.24) is 15.0 Å². The summed E-state index contributed by atoms with van der Waals surface area (Å²) in [5.41, 5.74) is 3.36. The van der Waals surface area contributed by atoms with Gasteiger partial charge in [0.05, 0.1) is 6.10 Å². The molecule has 0 fully saturated rings.